The predicted octanol–water partition coefficient (Wildman–Crippen LogP) is 2.52. The van der Waals surface area contributed by atoms with Gasteiger partial charge in [0.05, 0.1) is 0 Å². The van der Waals surface area contributed by atoms with Gasteiger partial charge in [-0.1, -0.05) is 13.8 Å². The van der Waals surface area contributed by atoms with Crippen molar-refractivity contribution in [2.45, 2.75) is 44.9 Å². The first-order chi connectivity index (χ1) is 8.95. The van der Waals surface area contributed by atoms with Crippen LogP contribution in [0.2, 0.25) is 0 Å². The molecule has 0 aliphatic carbocycles. The Morgan fingerprint density at radius 2 is 2.11 bits per heavy atom. The number of alkyl halides is 3. The van der Waals surface area contributed by atoms with Gasteiger partial charge in [-0.3, -0.25) is 0 Å². The first-order valence-corrected chi connectivity index (χ1v) is 7.14. The molecule has 0 aromatic carbocycles. The predicted molar refractivity (Wildman–Crippen MR) is 68.4 cm³/mol. The molecule has 19 heavy (non-hydrogen) atoms. The van der Waals surface area contributed by atoms with Gasteiger partial charge in [-0.2, -0.15) is 22.5 Å². The maximum Gasteiger partial charge on any atom is 0.452 e. The molecule has 1 fully saturated rings. The van der Waals surface area contributed by atoms with Crippen LogP contribution in [0.25, 0.3) is 0 Å². The number of anilines is 1. The topological polar surface area (TPSA) is 41.1 Å². The number of halogens is 3. The van der Waals surface area contributed by atoms with Gasteiger partial charge in [-0.15, -0.1) is 0 Å². The summed E-state index contributed by atoms with van der Waals surface area (Å²) in [4.78, 5) is 5.61. The van der Waals surface area contributed by atoms with Crippen LogP contribution < -0.4 is 10.2 Å². The van der Waals surface area contributed by atoms with Gasteiger partial charge in [0.2, 0.25) is 11.0 Å². The van der Waals surface area contributed by atoms with Crippen LogP contribution >= 0.6 is 11.5 Å². The van der Waals surface area contributed by atoms with Gasteiger partial charge >= 0.3 is 6.18 Å². The minimum atomic E-state index is -4.46. The van der Waals surface area contributed by atoms with Crippen molar-refractivity contribution in [1.82, 2.24) is 14.7 Å². The standard InChI is InChI=1S/C11H17F3N4S/c1-3-7-6-18(8(4-2)5-15-7)10-16-9(17-19-10)11(12,13)14/h7-8,15H,3-6H2,1-2H3. The Morgan fingerprint density at radius 3 is 2.63 bits per heavy atom. The molecule has 1 N–H and O–H groups in total. The van der Waals surface area contributed by atoms with Crippen LogP contribution in [0.5, 0.6) is 0 Å². The molecule has 1 aliphatic heterocycles. The number of piperazine rings is 1. The van der Waals surface area contributed by atoms with E-state index in [1.54, 1.807) is 0 Å². The summed E-state index contributed by atoms with van der Waals surface area (Å²) in [6, 6.07) is 0.470. The molecular formula is C11H17F3N4S. The van der Waals surface area contributed by atoms with Crippen LogP contribution in [-0.2, 0) is 6.18 Å². The number of rotatable bonds is 3. The summed E-state index contributed by atoms with van der Waals surface area (Å²) >= 11 is 0.832. The lowest BCUT2D eigenvalue weighted by Crippen LogP contribution is -2.56. The molecule has 1 aromatic rings. The summed E-state index contributed by atoms with van der Waals surface area (Å²) in [6.45, 7) is 5.54. The van der Waals surface area contributed by atoms with Crippen LogP contribution in [0.1, 0.15) is 32.5 Å². The molecule has 4 nitrogen and oxygen atoms in total. The Balaban J connectivity index is 2.19. The lowest BCUT2D eigenvalue weighted by atomic mass is 10.1. The fraction of sp³-hybridized carbons (Fsp3) is 0.818. The fourth-order valence-electron chi connectivity index (χ4n) is 2.18. The Bertz CT molecular complexity index is 420. The second-order valence-corrected chi connectivity index (χ2v) is 5.36. The van der Waals surface area contributed by atoms with Crippen LogP contribution in [-0.4, -0.2) is 34.5 Å². The Hall–Kier alpha value is -0.890. The highest BCUT2D eigenvalue weighted by Gasteiger charge is 2.37. The van der Waals surface area contributed by atoms with Crippen molar-refractivity contribution in [3.8, 4) is 0 Å². The quantitative estimate of drug-likeness (QED) is 0.930. The van der Waals surface area contributed by atoms with Gasteiger partial charge < -0.3 is 10.2 Å². The van der Waals surface area contributed by atoms with Crippen molar-refractivity contribution < 1.29 is 13.2 Å². The normalized spacial score (nSPS) is 24.8. The number of hydrogen-bond acceptors (Lipinski definition) is 5. The van der Waals surface area contributed by atoms with Crippen molar-refractivity contribution >= 4 is 16.7 Å². The van der Waals surface area contributed by atoms with E-state index < -0.39 is 12.0 Å². The maximum atomic E-state index is 12.5. The van der Waals surface area contributed by atoms with Crippen molar-refractivity contribution in [2.24, 2.45) is 0 Å². The molecule has 0 radical (unpaired) electrons. The monoisotopic (exact) mass is 294 g/mol. The van der Waals surface area contributed by atoms with E-state index in [1.807, 2.05) is 11.8 Å². The lowest BCUT2D eigenvalue weighted by Gasteiger charge is -2.39. The lowest BCUT2D eigenvalue weighted by molar-refractivity contribution is -0.144. The summed E-state index contributed by atoms with van der Waals surface area (Å²) < 4.78 is 41.0. The molecule has 1 saturated heterocycles. The summed E-state index contributed by atoms with van der Waals surface area (Å²) in [5, 5.41) is 3.77. The van der Waals surface area contributed by atoms with Crippen LogP contribution in [0, 0.1) is 0 Å². The number of aromatic nitrogens is 2. The molecule has 2 rings (SSSR count). The average molecular weight is 294 g/mol. The van der Waals surface area contributed by atoms with E-state index in [4.69, 9.17) is 0 Å². The molecule has 108 valence electrons. The van der Waals surface area contributed by atoms with Gasteiger partial charge in [0.1, 0.15) is 0 Å². The van der Waals surface area contributed by atoms with E-state index in [1.165, 1.54) is 0 Å². The van der Waals surface area contributed by atoms with E-state index in [0.29, 0.717) is 17.7 Å². The first-order valence-electron chi connectivity index (χ1n) is 6.36. The van der Waals surface area contributed by atoms with Crippen molar-refractivity contribution in [3.63, 3.8) is 0 Å². The highest BCUT2D eigenvalue weighted by atomic mass is 32.1. The Morgan fingerprint density at radius 1 is 1.37 bits per heavy atom. The SMILES string of the molecule is CCC1CN(c2nc(C(F)(F)F)ns2)C(CC)CN1. The van der Waals surface area contributed by atoms with E-state index in [0.717, 1.165) is 30.9 Å². The van der Waals surface area contributed by atoms with Crippen LogP contribution in [0.3, 0.4) is 0 Å². The smallest absolute Gasteiger partial charge is 0.341 e. The summed E-state index contributed by atoms with van der Waals surface area (Å²) in [7, 11) is 0. The van der Waals surface area contributed by atoms with Crippen molar-refractivity contribution in [2.75, 3.05) is 18.0 Å². The zero-order chi connectivity index (χ0) is 14.0. The van der Waals surface area contributed by atoms with E-state index in [2.05, 4.69) is 21.6 Å². The minimum Gasteiger partial charge on any atom is -0.341 e. The second kappa shape index (κ2) is 5.62. The third-order valence-electron chi connectivity index (χ3n) is 3.38. The third kappa shape index (κ3) is 3.17. The van der Waals surface area contributed by atoms with Crippen LogP contribution in [0.4, 0.5) is 18.3 Å². The zero-order valence-corrected chi connectivity index (χ0v) is 11.7. The first kappa shape index (κ1) is 14.5. The van der Waals surface area contributed by atoms with E-state index in [9.17, 15) is 13.2 Å². The summed E-state index contributed by atoms with van der Waals surface area (Å²) in [5.74, 6) is -1.03. The number of nitrogens with zero attached hydrogens (tertiary/aromatic N) is 3. The maximum absolute atomic E-state index is 12.5. The summed E-state index contributed by atoms with van der Waals surface area (Å²) in [6.07, 6.45) is -2.66. The van der Waals surface area contributed by atoms with Crippen molar-refractivity contribution in [1.29, 1.82) is 0 Å². The molecule has 2 atom stereocenters. The van der Waals surface area contributed by atoms with Gasteiger partial charge in [-0.05, 0) is 12.8 Å². The highest BCUT2D eigenvalue weighted by Crippen LogP contribution is 2.31. The molecule has 1 aliphatic rings. The number of nitrogens with one attached hydrogen (secondary N) is 1. The van der Waals surface area contributed by atoms with Crippen LogP contribution in [0.15, 0.2) is 0 Å². The average Bonchev–Trinajstić information content (AvgIpc) is 2.87. The summed E-state index contributed by atoms with van der Waals surface area (Å²) in [5.41, 5.74) is 0. The third-order valence-corrected chi connectivity index (χ3v) is 4.13. The molecule has 2 unspecified atom stereocenters. The largest absolute Gasteiger partial charge is 0.452 e. The molecule has 0 saturated carbocycles. The second-order valence-electron chi connectivity index (χ2n) is 4.63. The van der Waals surface area contributed by atoms with Gasteiger partial charge in [-0.25, -0.2) is 0 Å². The Labute approximate surface area is 114 Å². The van der Waals surface area contributed by atoms with Gasteiger partial charge in [0.15, 0.2) is 0 Å². The van der Waals surface area contributed by atoms with Gasteiger partial charge in [0.25, 0.3) is 0 Å². The Kier molecular flexibility index (Phi) is 4.29. The molecular weight excluding hydrogens is 277 g/mol. The fourth-order valence-corrected chi connectivity index (χ4v) is 2.95. The van der Waals surface area contributed by atoms with Gasteiger partial charge in [0, 0.05) is 36.7 Å². The molecule has 0 amide bonds. The zero-order valence-electron chi connectivity index (χ0n) is 10.9. The molecule has 2 heterocycles. The van der Waals surface area contributed by atoms with E-state index >= 15 is 0 Å². The number of hydrogen-bond donors (Lipinski definition) is 1. The highest BCUT2D eigenvalue weighted by molar-refractivity contribution is 7.09. The molecule has 1 aromatic heterocycles. The molecule has 0 spiro atoms. The molecule has 8 heteroatoms. The van der Waals surface area contributed by atoms with Crippen molar-refractivity contribution in [3.05, 3.63) is 5.82 Å². The minimum absolute atomic E-state index is 0.178. The molecule has 0 bridgehead atoms. The van der Waals surface area contributed by atoms with E-state index in [-0.39, 0.29) is 6.04 Å².